The first-order valence-corrected chi connectivity index (χ1v) is 6.53. The van der Waals surface area contributed by atoms with Crippen LogP contribution in [0.3, 0.4) is 0 Å². The molecule has 3 rings (SSSR count). The Kier molecular flexibility index (Phi) is 2.75. The third-order valence-electron chi connectivity index (χ3n) is 3.70. The zero-order valence-corrected chi connectivity index (χ0v) is 10.6. The van der Waals surface area contributed by atoms with Crippen molar-refractivity contribution in [2.24, 2.45) is 0 Å². The van der Waals surface area contributed by atoms with Crippen molar-refractivity contribution in [2.45, 2.75) is 26.2 Å². The van der Waals surface area contributed by atoms with E-state index in [1.54, 1.807) is 0 Å². The van der Waals surface area contributed by atoms with Gasteiger partial charge < -0.3 is 0 Å². The summed E-state index contributed by atoms with van der Waals surface area (Å²) < 4.78 is 0. The Bertz CT molecular complexity index is 611. The molecule has 0 heterocycles. The van der Waals surface area contributed by atoms with Gasteiger partial charge in [-0.25, -0.2) is 0 Å². The zero-order valence-electron chi connectivity index (χ0n) is 10.6. The minimum absolute atomic E-state index is 0.291. The van der Waals surface area contributed by atoms with E-state index in [4.69, 9.17) is 0 Å². The molecule has 2 aromatic rings. The molecule has 0 aromatic heterocycles. The Morgan fingerprint density at radius 3 is 2.67 bits per heavy atom. The second-order valence-corrected chi connectivity index (χ2v) is 4.85. The highest BCUT2D eigenvalue weighted by molar-refractivity contribution is 6.00. The lowest BCUT2D eigenvalue weighted by Crippen LogP contribution is -1.91. The van der Waals surface area contributed by atoms with E-state index in [-0.39, 0.29) is 0 Å². The lowest BCUT2D eigenvalue weighted by molar-refractivity contribution is 0.0994. The Labute approximate surface area is 107 Å². The zero-order chi connectivity index (χ0) is 12.5. The summed E-state index contributed by atoms with van der Waals surface area (Å²) in [6, 6.07) is 14.9. The standard InChI is InChI=1S/C17H16O/c1-2-12-4-3-5-13(10-12)14-6-8-16-15(11-14)7-9-17(16)18/h3-6,8,10-11H,2,7,9H2,1H3. The lowest BCUT2D eigenvalue weighted by Gasteiger charge is -2.06. The number of fused-ring (bicyclic) bond motifs is 1. The molecule has 0 saturated heterocycles. The molecule has 0 spiro atoms. The van der Waals surface area contributed by atoms with Crippen molar-refractivity contribution in [3.63, 3.8) is 0 Å². The monoisotopic (exact) mass is 236 g/mol. The van der Waals surface area contributed by atoms with Gasteiger partial charge in [-0.05, 0) is 35.1 Å². The van der Waals surface area contributed by atoms with E-state index in [9.17, 15) is 4.79 Å². The quantitative estimate of drug-likeness (QED) is 0.769. The van der Waals surface area contributed by atoms with Crippen molar-refractivity contribution < 1.29 is 4.79 Å². The molecule has 0 aliphatic heterocycles. The van der Waals surface area contributed by atoms with Crippen LogP contribution in [0, 0.1) is 0 Å². The van der Waals surface area contributed by atoms with Gasteiger partial charge in [-0.15, -0.1) is 0 Å². The first-order valence-electron chi connectivity index (χ1n) is 6.53. The highest BCUT2D eigenvalue weighted by Crippen LogP contribution is 2.28. The lowest BCUT2D eigenvalue weighted by atomic mass is 9.98. The summed E-state index contributed by atoms with van der Waals surface area (Å²) in [6.07, 6.45) is 2.63. The largest absolute Gasteiger partial charge is 0.294 e. The molecule has 0 radical (unpaired) electrons. The fourth-order valence-corrected chi connectivity index (χ4v) is 2.61. The number of ketones is 1. The van der Waals surface area contributed by atoms with Crippen molar-refractivity contribution in [2.75, 3.05) is 0 Å². The van der Waals surface area contributed by atoms with Gasteiger partial charge in [0.2, 0.25) is 0 Å². The van der Waals surface area contributed by atoms with Crippen LogP contribution >= 0.6 is 0 Å². The Hall–Kier alpha value is -1.89. The van der Waals surface area contributed by atoms with Gasteiger partial charge in [-0.1, -0.05) is 49.4 Å². The van der Waals surface area contributed by atoms with E-state index in [0.29, 0.717) is 12.2 Å². The maximum absolute atomic E-state index is 11.6. The molecular formula is C17H16O. The molecule has 0 atom stereocenters. The summed E-state index contributed by atoms with van der Waals surface area (Å²) in [7, 11) is 0. The van der Waals surface area contributed by atoms with E-state index in [1.165, 1.54) is 22.3 Å². The predicted octanol–water partition coefficient (Wildman–Crippen LogP) is 4.04. The van der Waals surface area contributed by atoms with E-state index in [1.807, 2.05) is 6.07 Å². The maximum Gasteiger partial charge on any atom is 0.163 e. The fourth-order valence-electron chi connectivity index (χ4n) is 2.61. The minimum Gasteiger partial charge on any atom is -0.294 e. The highest BCUT2D eigenvalue weighted by Gasteiger charge is 2.19. The molecular weight excluding hydrogens is 220 g/mol. The third kappa shape index (κ3) is 1.86. The van der Waals surface area contributed by atoms with E-state index in [2.05, 4.69) is 43.3 Å². The van der Waals surface area contributed by atoms with Crippen LogP contribution in [0.1, 0.15) is 34.8 Å². The number of Topliss-reactive ketones (excluding diaryl/α,β-unsaturated/α-hetero) is 1. The molecule has 1 aliphatic rings. The number of hydrogen-bond donors (Lipinski definition) is 0. The SMILES string of the molecule is CCc1cccc(-c2ccc3c(c2)CCC3=O)c1. The molecule has 1 nitrogen and oxygen atoms in total. The molecule has 2 aromatic carbocycles. The molecule has 1 aliphatic carbocycles. The number of carbonyl (C=O) groups excluding carboxylic acids is 1. The molecule has 0 amide bonds. The number of benzene rings is 2. The summed E-state index contributed by atoms with van der Waals surface area (Å²) in [4.78, 5) is 11.6. The molecule has 0 unspecified atom stereocenters. The van der Waals surface area contributed by atoms with Crippen LogP contribution in [0.25, 0.3) is 11.1 Å². The summed E-state index contributed by atoms with van der Waals surface area (Å²) in [5, 5.41) is 0. The van der Waals surface area contributed by atoms with Gasteiger partial charge in [0.1, 0.15) is 0 Å². The Balaban J connectivity index is 2.05. The first kappa shape index (κ1) is 11.2. The second-order valence-electron chi connectivity index (χ2n) is 4.85. The second kappa shape index (κ2) is 4.41. The average molecular weight is 236 g/mol. The van der Waals surface area contributed by atoms with Crippen LogP contribution in [0.5, 0.6) is 0 Å². The summed E-state index contributed by atoms with van der Waals surface area (Å²) in [6.45, 7) is 2.17. The van der Waals surface area contributed by atoms with Gasteiger partial charge in [0, 0.05) is 12.0 Å². The van der Waals surface area contributed by atoms with Gasteiger partial charge in [-0.3, -0.25) is 4.79 Å². The normalized spacial score (nSPS) is 13.7. The molecule has 18 heavy (non-hydrogen) atoms. The van der Waals surface area contributed by atoms with Gasteiger partial charge in [-0.2, -0.15) is 0 Å². The van der Waals surface area contributed by atoms with Crippen molar-refractivity contribution in [1.82, 2.24) is 0 Å². The van der Waals surface area contributed by atoms with Gasteiger partial charge in [0.25, 0.3) is 0 Å². The molecule has 90 valence electrons. The van der Waals surface area contributed by atoms with Gasteiger partial charge in [0.15, 0.2) is 5.78 Å². The van der Waals surface area contributed by atoms with Gasteiger partial charge in [0.05, 0.1) is 0 Å². The van der Waals surface area contributed by atoms with Crippen molar-refractivity contribution in [3.8, 4) is 11.1 Å². The van der Waals surface area contributed by atoms with Crippen LogP contribution in [0.2, 0.25) is 0 Å². The van der Waals surface area contributed by atoms with Crippen LogP contribution in [-0.2, 0) is 12.8 Å². The maximum atomic E-state index is 11.6. The minimum atomic E-state index is 0.291. The number of rotatable bonds is 2. The summed E-state index contributed by atoms with van der Waals surface area (Å²) in [5.41, 5.74) is 5.95. The van der Waals surface area contributed by atoms with Crippen LogP contribution in [0.15, 0.2) is 42.5 Å². The Morgan fingerprint density at radius 2 is 1.83 bits per heavy atom. The highest BCUT2D eigenvalue weighted by atomic mass is 16.1. The molecule has 1 heteroatoms. The first-order chi connectivity index (χ1) is 8.78. The fraction of sp³-hybridized carbons (Fsp3) is 0.235. The van der Waals surface area contributed by atoms with Crippen molar-refractivity contribution in [3.05, 3.63) is 59.2 Å². The molecule has 0 N–H and O–H groups in total. The van der Waals surface area contributed by atoms with Crippen molar-refractivity contribution >= 4 is 5.78 Å². The predicted molar refractivity (Wildman–Crippen MR) is 73.9 cm³/mol. The van der Waals surface area contributed by atoms with Gasteiger partial charge >= 0.3 is 0 Å². The molecule has 0 bridgehead atoms. The smallest absolute Gasteiger partial charge is 0.163 e. The van der Waals surface area contributed by atoms with Crippen molar-refractivity contribution in [1.29, 1.82) is 0 Å². The molecule has 0 fully saturated rings. The summed E-state index contributed by atoms with van der Waals surface area (Å²) >= 11 is 0. The van der Waals surface area contributed by atoms with Crippen LogP contribution in [0.4, 0.5) is 0 Å². The average Bonchev–Trinajstić information content (AvgIpc) is 2.80. The van der Waals surface area contributed by atoms with E-state index >= 15 is 0 Å². The van der Waals surface area contributed by atoms with E-state index in [0.717, 1.165) is 18.4 Å². The number of aryl methyl sites for hydroxylation is 2. The van der Waals surface area contributed by atoms with Crippen LogP contribution in [-0.4, -0.2) is 5.78 Å². The Morgan fingerprint density at radius 1 is 1.00 bits per heavy atom. The third-order valence-corrected chi connectivity index (χ3v) is 3.70. The number of hydrogen-bond acceptors (Lipinski definition) is 1. The van der Waals surface area contributed by atoms with Crippen LogP contribution < -0.4 is 0 Å². The summed E-state index contributed by atoms with van der Waals surface area (Å²) in [5.74, 6) is 0.291. The van der Waals surface area contributed by atoms with E-state index < -0.39 is 0 Å². The number of carbonyl (C=O) groups is 1. The topological polar surface area (TPSA) is 17.1 Å². The molecule has 0 saturated carbocycles.